The van der Waals surface area contributed by atoms with E-state index >= 15 is 0 Å². The second-order valence-corrected chi connectivity index (χ2v) is 5.59. The highest BCUT2D eigenvalue weighted by Crippen LogP contribution is 2.25. The molecule has 13 heavy (non-hydrogen) atoms. The molecule has 0 aliphatic rings. The van der Waals surface area contributed by atoms with Crippen molar-refractivity contribution in [1.29, 1.82) is 0 Å². The molecule has 7 heteroatoms. The average molecular weight is 218 g/mol. The number of halogens is 3. The largest absolute Gasteiger partial charge is 0.492 e. The highest BCUT2D eigenvalue weighted by atomic mass is 32.2. The van der Waals surface area contributed by atoms with E-state index in [1.807, 2.05) is 4.72 Å². The van der Waals surface area contributed by atoms with Crippen LogP contribution in [-0.4, -0.2) is 22.3 Å². The van der Waals surface area contributed by atoms with Gasteiger partial charge in [0.15, 0.2) is 0 Å². The van der Waals surface area contributed by atoms with Crippen LogP contribution in [0, 0.1) is 0 Å². The zero-order valence-corrected chi connectivity index (χ0v) is 8.71. The van der Waals surface area contributed by atoms with Crippen LogP contribution in [0.1, 0.15) is 20.8 Å². The number of hydrogen-bond acceptors (Lipinski definition) is 2. The number of alkyl halides is 3. The first-order valence-electron chi connectivity index (χ1n) is 3.52. The molecule has 0 aliphatic carbocycles. The van der Waals surface area contributed by atoms with Gasteiger partial charge in [0, 0.05) is 12.6 Å². The first kappa shape index (κ1) is 12.7. The Bertz CT molecular complexity index is 283. The Labute approximate surface area is 76.0 Å². The minimum absolute atomic E-state index is 0.883. The molecular formula is C6H13F3N2OS. The van der Waals surface area contributed by atoms with Crippen molar-refractivity contribution < 1.29 is 17.4 Å². The SMILES string of the molecule is CN=S(=O)(NC(C)(C)C)C(F)(F)F. The lowest BCUT2D eigenvalue weighted by Crippen LogP contribution is -2.46. The van der Waals surface area contributed by atoms with Crippen molar-refractivity contribution >= 4 is 9.92 Å². The van der Waals surface area contributed by atoms with Crippen molar-refractivity contribution in [2.45, 2.75) is 31.8 Å². The van der Waals surface area contributed by atoms with Gasteiger partial charge in [-0.25, -0.2) is 13.3 Å². The molecule has 0 radical (unpaired) electrons. The Balaban J connectivity index is 5.05. The first-order valence-corrected chi connectivity index (χ1v) is 5.04. The fourth-order valence-electron chi connectivity index (χ4n) is 0.622. The summed E-state index contributed by atoms with van der Waals surface area (Å²) in [6, 6.07) is 0. The third-order valence-electron chi connectivity index (χ3n) is 1.02. The molecule has 0 aromatic heterocycles. The Morgan fingerprint density at radius 1 is 1.23 bits per heavy atom. The Hall–Kier alpha value is -0.300. The smallest absolute Gasteiger partial charge is 0.225 e. The van der Waals surface area contributed by atoms with Gasteiger partial charge in [0.25, 0.3) is 0 Å². The Kier molecular flexibility index (Phi) is 3.37. The molecule has 1 N–H and O–H groups in total. The summed E-state index contributed by atoms with van der Waals surface area (Å²) in [5.74, 6) is 0. The monoisotopic (exact) mass is 218 g/mol. The standard InChI is InChI=1S/C6H13F3N2OS/c1-5(2,3)11-13(12,10-4)6(7,8)9/h1-4H3,(H,10,11,12). The summed E-state index contributed by atoms with van der Waals surface area (Å²) in [7, 11) is -3.44. The third-order valence-corrected chi connectivity index (χ3v) is 3.05. The lowest BCUT2D eigenvalue weighted by Gasteiger charge is -2.24. The molecule has 3 nitrogen and oxygen atoms in total. The van der Waals surface area contributed by atoms with Crippen LogP contribution in [0.25, 0.3) is 0 Å². The maximum absolute atomic E-state index is 12.2. The molecule has 1 atom stereocenters. The van der Waals surface area contributed by atoms with Gasteiger partial charge in [-0.05, 0) is 20.8 Å². The van der Waals surface area contributed by atoms with Crippen molar-refractivity contribution in [3.8, 4) is 0 Å². The zero-order chi connectivity index (χ0) is 10.9. The van der Waals surface area contributed by atoms with Crippen molar-refractivity contribution in [1.82, 2.24) is 4.72 Å². The summed E-state index contributed by atoms with van der Waals surface area (Å²) < 4.78 is 52.6. The van der Waals surface area contributed by atoms with E-state index in [4.69, 9.17) is 0 Å². The second kappa shape index (κ2) is 3.45. The predicted octanol–water partition coefficient (Wildman–Crippen LogP) is 1.91. The molecule has 0 fully saturated rings. The average Bonchev–Trinajstić information content (AvgIpc) is 1.81. The highest BCUT2D eigenvalue weighted by molar-refractivity contribution is 7.92. The molecule has 0 heterocycles. The quantitative estimate of drug-likeness (QED) is 0.717. The maximum atomic E-state index is 12.2. The van der Waals surface area contributed by atoms with E-state index in [1.165, 1.54) is 20.8 Å². The van der Waals surface area contributed by atoms with Gasteiger partial charge in [0.2, 0.25) is 9.92 Å². The van der Waals surface area contributed by atoms with Crippen molar-refractivity contribution in [3.63, 3.8) is 0 Å². The third kappa shape index (κ3) is 3.51. The molecule has 0 aromatic carbocycles. The van der Waals surface area contributed by atoms with E-state index in [0.717, 1.165) is 7.05 Å². The molecule has 0 saturated heterocycles. The maximum Gasteiger partial charge on any atom is 0.492 e. The highest BCUT2D eigenvalue weighted by Gasteiger charge is 2.44. The van der Waals surface area contributed by atoms with Gasteiger partial charge in [-0.3, -0.25) is 0 Å². The lowest BCUT2D eigenvalue weighted by molar-refractivity contribution is -0.0419. The summed E-state index contributed by atoms with van der Waals surface area (Å²) in [6.07, 6.45) is 0. The zero-order valence-electron chi connectivity index (χ0n) is 7.90. The molecule has 0 amide bonds. The van der Waals surface area contributed by atoms with Gasteiger partial charge in [-0.1, -0.05) is 0 Å². The fraction of sp³-hybridized carbons (Fsp3) is 1.00. The minimum atomic E-state index is -4.84. The predicted molar refractivity (Wildman–Crippen MR) is 45.4 cm³/mol. The van der Waals surface area contributed by atoms with E-state index in [9.17, 15) is 17.4 Å². The summed E-state index contributed by atoms with van der Waals surface area (Å²) in [4.78, 5) is 0. The first-order chi connectivity index (χ1) is 5.52. The molecule has 0 spiro atoms. The van der Waals surface area contributed by atoms with Crippen LogP contribution in [0.4, 0.5) is 13.2 Å². The topological polar surface area (TPSA) is 41.5 Å². The van der Waals surface area contributed by atoms with E-state index in [0.29, 0.717) is 0 Å². The van der Waals surface area contributed by atoms with Crippen molar-refractivity contribution in [2.24, 2.45) is 4.36 Å². The normalized spacial score (nSPS) is 18.1. The molecule has 0 rings (SSSR count). The van der Waals surface area contributed by atoms with Crippen LogP contribution < -0.4 is 4.72 Å². The Morgan fingerprint density at radius 3 is 1.69 bits per heavy atom. The summed E-state index contributed by atoms with van der Waals surface area (Å²) >= 11 is 0. The number of rotatable bonds is 1. The lowest BCUT2D eigenvalue weighted by atomic mass is 10.1. The number of nitrogens with one attached hydrogen (secondary N) is 1. The van der Waals surface area contributed by atoms with Crippen LogP contribution in [-0.2, 0) is 9.92 Å². The van der Waals surface area contributed by atoms with Crippen LogP contribution in [0.5, 0.6) is 0 Å². The summed E-state index contributed by atoms with van der Waals surface area (Å²) in [5.41, 5.74) is -5.73. The van der Waals surface area contributed by atoms with Gasteiger partial charge >= 0.3 is 5.51 Å². The molecule has 1 unspecified atom stereocenters. The molecule has 0 bridgehead atoms. The second-order valence-electron chi connectivity index (χ2n) is 3.51. The van der Waals surface area contributed by atoms with E-state index in [2.05, 4.69) is 4.36 Å². The van der Waals surface area contributed by atoms with Gasteiger partial charge in [-0.15, -0.1) is 0 Å². The van der Waals surface area contributed by atoms with Crippen LogP contribution in [0.3, 0.4) is 0 Å². The summed E-state index contributed by atoms with van der Waals surface area (Å²) in [5, 5.41) is 0. The number of hydrogen-bond donors (Lipinski definition) is 1. The molecule has 0 aromatic rings. The molecule has 0 aliphatic heterocycles. The fourth-order valence-corrected chi connectivity index (χ4v) is 1.87. The molecular weight excluding hydrogens is 205 g/mol. The van der Waals surface area contributed by atoms with E-state index < -0.39 is 21.0 Å². The molecule has 80 valence electrons. The van der Waals surface area contributed by atoms with Gasteiger partial charge in [0.1, 0.15) is 0 Å². The molecule has 0 saturated carbocycles. The minimum Gasteiger partial charge on any atom is -0.225 e. The van der Waals surface area contributed by atoms with E-state index in [1.54, 1.807) is 0 Å². The van der Waals surface area contributed by atoms with Crippen LogP contribution in [0.2, 0.25) is 0 Å². The van der Waals surface area contributed by atoms with Gasteiger partial charge in [-0.2, -0.15) is 13.2 Å². The van der Waals surface area contributed by atoms with Crippen molar-refractivity contribution in [2.75, 3.05) is 7.05 Å². The van der Waals surface area contributed by atoms with Crippen LogP contribution >= 0.6 is 0 Å². The Morgan fingerprint density at radius 2 is 1.62 bits per heavy atom. The summed E-state index contributed by atoms with van der Waals surface area (Å²) in [6.45, 7) is 4.47. The van der Waals surface area contributed by atoms with Crippen LogP contribution in [0.15, 0.2) is 4.36 Å². The van der Waals surface area contributed by atoms with Gasteiger partial charge < -0.3 is 0 Å². The number of nitrogens with zero attached hydrogens (tertiary/aromatic N) is 1. The van der Waals surface area contributed by atoms with Gasteiger partial charge in [0.05, 0.1) is 0 Å². The van der Waals surface area contributed by atoms with E-state index in [-0.39, 0.29) is 0 Å². The van der Waals surface area contributed by atoms with Crippen molar-refractivity contribution in [3.05, 3.63) is 0 Å².